The number of unbranched alkanes of at least 4 members (excludes halogenated alkanes) is 1. The summed E-state index contributed by atoms with van der Waals surface area (Å²) in [6, 6.07) is -2.31. The lowest BCUT2D eigenvalue weighted by molar-refractivity contribution is -0.139. The van der Waals surface area contributed by atoms with E-state index in [0.29, 0.717) is 19.4 Å². The topological polar surface area (TPSA) is 197 Å². The largest absolute Gasteiger partial charge is 0.480 e. The summed E-state index contributed by atoms with van der Waals surface area (Å²) in [6.07, 6.45) is 0.205. The zero-order valence-electron chi connectivity index (χ0n) is 14.2. The number of carboxylic acid groups (broad SMARTS) is 1. The summed E-state index contributed by atoms with van der Waals surface area (Å²) < 4.78 is 0. The van der Waals surface area contributed by atoms with Gasteiger partial charge in [0.2, 0.25) is 17.7 Å². The minimum absolute atomic E-state index is 0.276. The number of aliphatic hydroxyl groups excluding tert-OH is 1. The van der Waals surface area contributed by atoms with E-state index in [-0.39, 0.29) is 13.0 Å². The van der Waals surface area contributed by atoms with Gasteiger partial charge in [0, 0.05) is 0 Å². The van der Waals surface area contributed by atoms with Gasteiger partial charge in [-0.05, 0) is 32.7 Å². The first-order valence-corrected chi connectivity index (χ1v) is 7.90. The number of aliphatic hydroxyl groups is 1. The lowest BCUT2D eigenvalue weighted by Crippen LogP contribution is -2.58. The van der Waals surface area contributed by atoms with E-state index in [2.05, 4.69) is 16.0 Å². The monoisotopic (exact) mass is 361 g/mol. The Morgan fingerprint density at radius 3 is 2.16 bits per heavy atom. The Morgan fingerprint density at radius 1 is 1.04 bits per heavy atom. The number of hydrogen-bond donors (Lipinski definition) is 7. The SMILES string of the molecule is CC(O)C(NC(=O)C(CCCCN)NC(=O)CN)C(=O)NCC(=O)O. The molecule has 0 aliphatic carbocycles. The molecule has 3 unspecified atom stereocenters. The van der Waals surface area contributed by atoms with Crippen LogP contribution in [0.25, 0.3) is 0 Å². The first-order valence-electron chi connectivity index (χ1n) is 7.90. The fourth-order valence-electron chi connectivity index (χ4n) is 1.95. The number of rotatable bonds is 12. The Balaban J connectivity index is 4.94. The molecule has 0 saturated heterocycles. The maximum Gasteiger partial charge on any atom is 0.322 e. The van der Waals surface area contributed by atoms with Crippen LogP contribution < -0.4 is 27.4 Å². The van der Waals surface area contributed by atoms with Crippen LogP contribution in [0.1, 0.15) is 26.2 Å². The van der Waals surface area contributed by atoms with E-state index in [1.807, 2.05) is 0 Å². The smallest absolute Gasteiger partial charge is 0.322 e. The van der Waals surface area contributed by atoms with Gasteiger partial charge in [0.1, 0.15) is 18.6 Å². The average Bonchev–Trinajstić information content (AvgIpc) is 2.55. The molecule has 0 aromatic carbocycles. The zero-order chi connectivity index (χ0) is 19.4. The number of nitrogens with two attached hydrogens (primary N) is 2. The predicted molar refractivity (Wildman–Crippen MR) is 88.1 cm³/mol. The first-order chi connectivity index (χ1) is 11.7. The Kier molecular flexibility index (Phi) is 11.1. The molecule has 0 aliphatic heterocycles. The highest BCUT2D eigenvalue weighted by Gasteiger charge is 2.29. The van der Waals surface area contributed by atoms with Crippen LogP contribution in [0.15, 0.2) is 0 Å². The van der Waals surface area contributed by atoms with Crippen LogP contribution in [0.3, 0.4) is 0 Å². The van der Waals surface area contributed by atoms with E-state index < -0.39 is 48.4 Å². The normalized spacial score (nSPS) is 14.1. The third kappa shape index (κ3) is 9.59. The molecule has 25 heavy (non-hydrogen) atoms. The molecular weight excluding hydrogens is 334 g/mol. The molecule has 11 heteroatoms. The van der Waals surface area contributed by atoms with Crippen LogP contribution in [0.2, 0.25) is 0 Å². The van der Waals surface area contributed by atoms with Crippen LogP contribution in [-0.2, 0) is 19.2 Å². The van der Waals surface area contributed by atoms with E-state index in [4.69, 9.17) is 16.6 Å². The van der Waals surface area contributed by atoms with Crippen molar-refractivity contribution in [1.29, 1.82) is 0 Å². The molecule has 144 valence electrons. The van der Waals surface area contributed by atoms with Gasteiger partial charge in [-0.3, -0.25) is 19.2 Å². The van der Waals surface area contributed by atoms with Gasteiger partial charge < -0.3 is 37.6 Å². The fourth-order valence-corrected chi connectivity index (χ4v) is 1.95. The van der Waals surface area contributed by atoms with Crippen molar-refractivity contribution in [3.63, 3.8) is 0 Å². The van der Waals surface area contributed by atoms with Gasteiger partial charge in [0.25, 0.3) is 0 Å². The second-order valence-electron chi connectivity index (χ2n) is 5.45. The molecule has 0 saturated carbocycles. The average molecular weight is 361 g/mol. The van der Waals surface area contributed by atoms with Crippen LogP contribution in [-0.4, -0.2) is 71.7 Å². The summed E-state index contributed by atoms with van der Waals surface area (Å²) in [4.78, 5) is 46.2. The van der Waals surface area contributed by atoms with Gasteiger partial charge in [-0.15, -0.1) is 0 Å². The molecule has 0 aromatic rings. The highest BCUT2D eigenvalue weighted by atomic mass is 16.4. The minimum Gasteiger partial charge on any atom is -0.480 e. The molecule has 3 atom stereocenters. The summed E-state index contributed by atoms with van der Waals surface area (Å²) >= 11 is 0. The number of amides is 3. The molecule has 0 aliphatic rings. The zero-order valence-corrected chi connectivity index (χ0v) is 14.2. The van der Waals surface area contributed by atoms with Gasteiger partial charge in [-0.1, -0.05) is 0 Å². The lowest BCUT2D eigenvalue weighted by atomic mass is 10.1. The van der Waals surface area contributed by atoms with Crippen molar-refractivity contribution in [1.82, 2.24) is 16.0 Å². The number of hydrogen-bond acceptors (Lipinski definition) is 7. The van der Waals surface area contributed by atoms with Gasteiger partial charge in [-0.25, -0.2) is 0 Å². The van der Waals surface area contributed by atoms with E-state index in [9.17, 15) is 24.3 Å². The summed E-state index contributed by atoms with van der Waals surface area (Å²) in [7, 11) is 0. The quantitative estimate of drug-likeness (QED) is 0.175. The van der Waals surface area contributed by atoms with Gasteiger partial charge in [-0.2, -0.15) is 0 Å². The van der Waals surface area contributed by atoms with Crippen molar-refractivity contribution >= 4 is 23.7 Å². The molecule has 0 radical (unpaired) electrons. The van der Waals surface area contributed by atoms with Crippen LogP contribution in [0.5, 0.6) is 0 Å². The second-order valence-corrected chi connectivity index (χ2v) is 5.45. The van der Waals surface area contributed by atoms with E-state index in [1.165, 1.54) is 6.92 Å². The lowest BCUT2D eigenvalue weighted by Gasteiger charge is -2.24. The van der Waals surface area contributed by atoms with Gasteiger partial charge >= 0.3 is 5.97 Å². The molecule has 0 bridgehead atoms. The molecule has 9 N–H and O–H groups in total. The second kappa shape index (κ2) is 12.2. The summed E-state index contributed by atoms with van der Waals surface area (Å²) in [5.41, 5.74) is 10.6. The van der Waals surface area contributed by atoms with Crippen molar-refractivity contribution in [3.8, 4) is 0 Å². The number of carbonyl (C=O) groups excluding carboxylic acids is 3. The number of carbonyl (C=O) groups is 4. The van der Waals surface area contributed by atoms with E-state index >= 15 is 0 Å². The molecule has 3 amide bonds. The van der Waals surface area contributed by atoms with Crippen molar-refractivity contribution in [3.05, 3.63) is 0 Å². The minimum atomic E-state index is -1.36. The Morgan fingerprint density at radius 2 is 1.68 bits per heavy atom. The Hall–Kier alpha value is -2.24. The van der Waals surface area contributed by atoms with Crippen LogP contribution >= 0.6 is 0 Å². The third-order valence-corrected chi connectivity index (χ3v) is 3.26. The van der Waals surface area contributed by atoms with E-state index in [1.54, 1.807) is 0 Å². The maximum absolute atomic E-state index is 12.3. The highest BCUT2D eigenvalue weighted by Crippen LogP contribution is 2.03. The molecule has 0 spiro atoms. The number of carboxylic acids is 1. The Bertz CT molecular complexity index is 471. The van der Waals surface area contributed by atoms with Gasteiger partial charge in [0.15, 0.2) is 0 Å². The molecular formula is C14H27N5O6. The fraction of sp³-hybridized carbons (Fsp3) is 0.714. The van der Waals surface area contributed by atoms with Crippen molar-refractivity contribution in [2.75, 3.05) is 19.6 Å². The van der Waals surface area contributed by atoms with Crippen molar-refractivity contribution in [2.24, 2.45) is 11.5 Å². The Labute approximate surface area is 145 Å². The van der Waals surface area contributed by atoms with Crippen molar-refractivity contribution < 1.29 is 29.4 Å². The molecule has 0 rings (SSSR count). The molecule has 0 fully saturated rings. The standard InChI is InChI=1S/C14H27N5O6/c1-8(20)12(14(25)17-7-11(22)23)19-13(24)9(4-2-3-5-15)18-10(21)6-16/h8-9,12,20H,2-7,15-16H2,1H3,(H,17,25)(H,18,21)(H,19,24)(H,22,23). The molecule has 11 nitrogen and oxygen atoms in total. The van der Waals surface area contributed by atoms with Crippen LogP contribution in [0.4, 0.5) is 0 Å². The van der Waals surface area contributed by atoms with E-state index in [0.717, 1.165) is 0 Å². The molecule has 0 heterocycles. The predicted octanol–water partition coefficient (Wildman–Crippen LogP) is -3.37. The number of nitrogens with one attached hydrogen (secondary N) is 3. The van der Waals surface area contributed by atoms with Crippen LogP contribution in [0, 0.1) is 0 Å². The third-order valence-electron chi connectivity index (χ3n) is 3.26. The molecule has 0 aromatic heterocycles. The first kappa shape index (κ1) is 22.8. The summed E-state index contributed by atoms with van der Waals surface area (Å²) in [5, 5.41) is 25.1. The maximum atomic E-state index is 12.3. The number of aliphatic carboxylic acids is 1. The van der Waals surface area contributed by atoms with Crippen molar-refractivity contribution in [2.45, 2.75) is 44.4 Å². The van der Waals surface area contributed by atoms with Gasteiger partial charge in [0.05, 0.1) is 12.6 Å². The summed E-state index contributed by atoms with van der Waals surface area (Å²) in [5.74, 6) is -3.34. The highest BCUT2D eigenvalue weighted by molar-refractivity contribution is 5.93. The summed E-state index contributed by atoms with van der Waals surface area (Å²) in [6.45, 7) is 0.738.